The SMILES string of the molecule is CN(C)C(=O)CCN1CCOc2c(O)cc(-c3nc4ccccc4s3)cc2C1. The highest BCUT2D eigenvalue weighted by Crippen LogP contribution is 2.39. The maximum atomic E-state index is 11.9. The van der Waals surface area contributed by atoms with Crippen LogP contribution in [-0.4, -0.2) is 59.6 Å². The van der Waals surface area contributed by atoms with E-state index in [0.717, 1.165) is 26.4 Å². The number of thiazole rings is 1. The molecule has 0 bridgehead atoms. The molecule has 6 nitrogen and oxygen atoms in total. The first-order valence-electron chi connectivity index (χ1n) is 9.28. The maximum absolute atomic E-state index is 11.9. The van der Waals surface area contributed by atoms with E-state index >= 15 is 0 Å². The maximum Gasteiger partial charge on any atom is 0.223 e. The van der Waals surface area contributed by atoms with Gasteiger partial charge >= 0.3 is 0 Å². The lowest BCUT2D eigenvalue weighted by Crippen LogP contribution is -2.31. The van der Waals surface area contributed by atoms with E-state index in [4.69, 9.17) is 9.72 Å². The van der Waals surface area contributed by atoms with Crippen LogP contribution in [0.15, 0.2) is 36.4 Å². The molecule has 28 heavy (non-hydrogen) atoms. The van der Waals surface area contributed by atoms with E-state index in [1.165, 1.54) is 0 Å². The zero-order valence-corrected chi connectivity index (χ0v) is 16.8. The van der Waals surface area contributed by atoms with Gasteiger partial charge in [-0.15, -0.1) is 11.3 Å². The molecule has 2 heterocycles. The summed E-state index contributed by atoms with van der Waals surface area (Å²) < 4.78 is 6.93. The summed E-state index contributed by atoms with van der Waals surface area (Å²) in [6.07, 6.45) is 0.464. The van der Waals surface area contributed by atoms with E-state index in [1.807, 2.05) is 30.3 Å². The van der Waals surface area contributed by atoms with Crippen molar-refractivity contribution in [3.63, 3.8) is 0 Å². The molecule has 146 valence electrons. The van der Waals surface area contributed by atoms with Gasteiger partial charge in [0.1, 0.15) is 11.6 Å². The third-order valence-corrected chi connectivity index (χ3v) is 5.96. The molecule has 7 heteroatoms. The molecule has 0 saturated carbocycles. The van der Waals surface area contributed by atoms with Crippen LogP contribution in [0.25, 0.3) is 20.8 Å². The third-order valence-electron chi connectivity index (χ3n) is 4.88. The fourth-order valence-electron chi connectivity index (χ4n) is 3.34. The number of hydrogen-bond donors (Lipinski definition) is 1. The Morgan fingerprint density at radius 2 is 2.14 bits per heavy atom. The van der Waals surface area contributed by atoms with E-state index in [1.54, 1.807) is 36.4 Å². The first-order valence-corrected chi connectivity index (χ1v) is 10.1. The Bertz CT molecular complexity index is 982. The summed E-state index contributed by atoms with van der Waals surface area (Å²) in [7, 11) is 3.54. The molecule has 0 radical (unpaired) electrons. The third kappa shape index (κ3) is 3.81. The van der Waals surface area contributed by atoms with Gasteiger partial charge < -0.3 is 14.7 Å². The summed E-state index contributed by atoms with van der Waals surface area (Å²) >= 11 is 1.61. The van der Waals surface area contributed by atoms with E-state index < -0.39 is 0 Å². The van der Waals surface area contributed by atoms with Crippen molar-refractivity contribution in [1.29, 1.82) is 0 Å². The zero-order valence-electron chi connectivity index (χ0n) is 16.0. The molecular weight excluding hydrogens is 374 g/mol. The summed E-state index contributed by atoms with van der Waals surface area (Å²) in [4.78, 5) is 20.4. The summed E-state index contributed by atoms with van der Waals surface area (Å²) in [6, 6.07) is 11.8. The van der Waals surface area contributed by atoms with Crippen LogP contribution in [0.1, 0.15) is 12.0 Å². The largest absolute Gasteiger partial charge is 0.504 e. The average Bonchev–Trinajstić information content (AvgIpc) is 3.00. The minimum Gasteiger partial charge on any atom is -0.504 e. The molecule has 1 amide bonds. The Hall–Kier alpha value is -2.64. The standard InChI is InChI=1S/C21H23N3O3S/c1-23(2)19(26)7-8-24-9-10-27-20-15(13-24)11-14(12-17(20)25)21-22-16-5-3-4-6-18(16)28-21/h3-6,11-12,25H,7-10,13H2,1-2H3. The number of para-hydroxylation sites is 1. The minimum absolute atomic E-state index is 0.108. The van der Waals surface area contributed by atoms with E-state index in [-0.39, 0.29) is 11.7 Å². The molecule has 0 atom stereocenters. The van der Waals surface area contributed by atoms with Crippen LogP contribution in [-0.2, 0) is 11.3 Å². The number of phenols is 1. The number of rotatable bonds is 4. The number of fused-ring (bicyclic) bond motifs is 2. The van der Waals surface area contributed by atoms with Gasteiger partial charge in [-0.2, -0.15) is 0 Å². The lowest BCUT2D eigenvalue weighted by molar-refractivity contribution is -0.129. The summed E-state index contributed by atoms with van der Waals surface area (Å²) in [6.45, 7) is 2.48. The number of aromatic hydroxyl groups is 1. The van der Waals surface area contributed by atoms with Crippen LogP contribution < -0.4 is 4.74 Å². The topological polar surface area (TPSA) is 65.9 Å². The fourth-order valence-corrected chi connectivity index (χ4v) is 4.29. The number of aromatic nitrogens is 1. The monoisotopic (exact) mass is 397 g/mol. The van der Waals surface area contributed by atoms with Crippen LogP contribution in [0.2, 0.25) is 0 Å². The van der Waals surface area contributed by atoms with Crippen molar-refractivity contribution in [1.82, 2.24) is 14.8 Å². The molecule has 1 N–H and O–H groups in total. The molecule has 4 rings (SSSR count). The predicted molar refractivity (Wildman–Crippen MR) is 111 cm³/mol. The zero-order chi connectivity index (χ0) is 19.7. The number of ether oxygens (including phenoxy) is 1. The second-order valence-electron chi connectivity index (χ2n) is 7.13. The normalized spacial score (nSPS) is 14.4. The van der Waals surface area contributed by atoms with Gasteiger partial charge in [0.25, 0.3) is 0 Å². The van der Waals surface area contributed by atoms with Crippen molar-refractivity contribution in [2.45, 2.75) is 13.0 Å². The number of nitrogens with zero attached hydrogens (tertiary/aromatic N) is 3. The lowest BCUT2D eigenvalue weighted by atomic mass is 10.1. The second-order valence-corrected chi connectivity index (χ2v) is 8.16. The quantitative estimate of drug-likeness (QED) is 0.731. The predicted octanol–water partition coefficient (Wildman–Crippen LogP) is 3.34. The molecule has 0 unspecified atom stereocenters. The molecule has 2 aromatic carbocycles. The Labute approximate surface area is 168 Å². The van der Waals surface area contributed by atoms with Gasteiger partial charge in [0.15, 0.2) is 11.5 Å². The van der Waals surface area contributed by atoms with Gasteiger partial charge in [-0.25, -0.2) is 4.98 Å². The fraction of sp³-hybridized carbons (Fsp3) is 0.333. The Morgan fingerprint density at radius 3 is 2.93 bits per heavy atom. The summed E-state index contributed by atoms with van der Waals surface area (Å²) in [5.74, 6) is 0.778. The van der Waals surface area contributed by atoms with E-state index in [2.05, 4.69) is 4.90 Å². The highest BCUT2D eigenvalue weighted by Gasteiger charge is 2.21. The Balaban J connectivity index is 1.61. The van der Waals surface area contributed by atoms with Gasteiger partial charge in [-0.3, -0.25) is 9.69 Å². The average molecular weight is 398 g/mol. The number of amides is 1. The van der Waals surface area contributed by atoms with Crippen LogP contribution >= 0.6 is 11.3 Å². The molecule has 1 aliphatic heterocycles. The van der Waals surface area contributed by atoms with Gasteiger partial charge in [-0.1, -0.05) is 12.1 Å². The van der Waals surface area contributed by atoms with Gasteiger partial charge in [0, 0.05) is 51.3 Å². The first-order chi connectivity index (χ1) is 13.5. The lowest BCUT2D eigenvalue weighted by Gasteiger charge is -2.20. The number of benzene rings is 2. The van der Waals surface area contributed by atoms with Crippen molar-refractivity contribution < 1.29 is 14.6 Å². The van der Waals surface area contributed by atoms with Crippen molar-refractivity contribution >= 4 is 27.5 Å². The first kappa shape index (κ1) is 18.7. The van der Waals surface area contributed by atoms with Crippen LogP contribution in [0.5, 0.6) is 11.5 Å². The van der Waals surface area contributed by atoms with E-state index in [0.29, 0.717) is 38.4 Å². The van der Waals surface area contributed by atoms with Gasteiger partial charge in [-0.05, 0) is 24.3 Å². The smallest absolute Gasteiger partial charge is 0.223 e. The molecule has 1 aliphatic rings. The molecule has 3 aromatic rings. The van der Waals surface area contributed by atoms with Gasteiger partial charge in [0.05, 0.1) is 10.2 Å². The highest BCUT2D eigenvalue weighted by atomic mass is 32.1. The highest BCUT2D eigenvalue weighted by molar-refractivity contribution is 7.21. The summed E-state index contributed by atoms with van der Waals surface area (Å²) in [5.41, 5.74) is 2.76. The molecule has 1 aromatic heterocycles. The number of hydrogen-bond acceptors (Lipinski definition) is 6. The van der Waals surface area contributed by atoms with Gasteiger partial charge in [0.2, 0.25) is 5.91 Å². The summed E-state index contributed by atoms with van der Waals surface area (Å²) in [5, 5.41) is 11.4. The van der Waals surface area contributed by atoms with Crippen molar-refractivity contribution in [3.05, 3.63) is 42.0 Å². The van der Waals surface area contributed by atoms with Crippen LogP contribution in [0.3, 0.4) is 0 Å². The number of phenolic OH excluding ortho intramolecular Hbond substituents is 1. The van der Waals surface area contributed by atoms with Crippen LogP contribution in [0, 0.1) is 0 Å². The van der Waals surface area contributed by atoms with Crippen molar-refractivity contribution in [3.8, 4) is 22.1 Å². The van der Waals surface area contributed by atoms with Crippen molar-refractivity contribution in [2.24, 2.45) is 0 Å². The molecule has 0 fully saturated rings. The second kappa shape index (κ2) is 7.77. The van der Waals surface area contributed by atoms with Crippen LogP contribution in [0.4, 0.5) is 0 Å². The Morgan fingerprint density at radius 1 is 1.32 bits per heavy atom. The molecule has 0 aliphatic carbocycles. The van der Waals surface area contributed by atoms with Crippen molar-refractivity contribution in [2.75, 3.05) is 33.8 Å². The number of carbonyl (C=O) groups excluding carboxylic acids is 1. The van der Waals surface area contributed by atoms with E-state index in [9.17, 15) is 9.90 Å². The molecule has 0 saturated heterocycles. The Kier molecular flexibility index (Phi) is 5.19. The minimum atomic E-state index is 0.108. The number of carbonyl (C=O) groups is 1. The molecule has 0 spiro atoms. The molecular formula is C21H23N3O3S.